The number of hydrogen-bond acceptors (Lipinski definition) is 7. The molecule has 0 bridgehead atoms. The molecule has 31 heavy (non-hydrogen) atoms. The van der Waals surface area contributed by atoms with Crippen LogP contribution >= 0.6 is 0 Å². The van der Waals surface area contributed by atoms with Gasteiger partial charge in [-0.1, -0.05) is 26.0 Å². The van der Waals surface area contributed by atoms with Gasteiger partial charge in [-0.05, 0) is 36.9 Å². The van der Waals surface area contributed by atoms with E-state index in [-0.39, 0.29) is 6.10 Å². The molecule has 5 rings (SSSR count). The molecule has 0 spiro atoms. The van der Waals surface area contributed by atoms with Crippen molar-refractivity contribution in [1.82, 2.24) is 34.7 Å². The monoisotopic (exact) mass is 420 g/mol. The van der Waals surface area contributed by atoms with Gasteiger partial charge in [0.2, 0.25) is 5.95 Å². The van der Waals surface area contributed by atoms with Crippen LogP contribution in [0.3, 0.4) is 0 Å². The number of ether oxygens (including phenoxy) is 1. The van der Waals surface area contributed by atoms with Crippen molar-refractivity contribution in [1.29, 1.82) is 0 Å². The maximum atomic E-state index is 6.15. The number of hydrogen-bond donors (Lipinski definition) is 2. The van der Waals surface area contributed by atoms with Crippen LogP contribution < -0.4 is 15.4 Å². The topological polar surface area (TPSA) is 94.2 Å². The summed E-state index contributed by atoms with van der Waals surface area (Å²) in [6.07, 6.45) is 5.95. The van der Waals surface area contributed by atoms with Crippen molar-refractivity contribution in [2.75, 3.05) is 18.4 Å². The normalized spacial score (nSPS) is 17.0. The van der Waals surface area contributed by atoms with Gasteiger partial charge in [-0.15, -0.1) is 0 Å². The second kappa shape index (κ2) is 8.14. The summed E-state index contributed by atoms with van der Waals surface area (Å²) in [5, 5.41) is 16.9. The van der Waals surface area contributed by atoms with E-state index < -0.39 is 0 Å². The SMILES string of the molecule is CC(C)c1cnn2c(NCc3cccc4c3cnn4C)nc(OC3CCCNC3)nc12. The summed E-state index contributed by atoms with van der Waals surface area (Å²) < 4.78 is 9.81. The molecule has 1 atom stereocenters. The number of nitrogens with one attached hydrogen (secondary N) is 2. The Morgan fingerprint density at radius 1 is 1.23 bits per heavy atom. The molecule has 162 valence electrons. The fourth-order valence-electron chi connectivity index (χ4n) is 4.08. The second-order valence-corrected chi connectivity index (χ2v) is 8.38. The quantitative estimate of drug-likeness (QED) is 0.495. The van der Waals surface area contributed by atoms with Crippen molar-refractivity contribution in [2.24, 2.45) is 7.05 Å². The number of anilines is 1. The molecule has 0 aliphatic carbocycles. The first-order valence-corrected chi connectivity index (χ1v) is 10.9. The number of fused-ring (bicyclic) bond motifs is 2. The van der Waals surface area contributed by atoms with Gasteiger partial charge in [-0.25, -0.2) is 0 Å². The van der Waals surface area contributed by atoms with Crippen molar-refractivity contribution in [3.63, 3.8) is 0 Å². The van der Waals surface area contributed by atoms with Gasteiger partial charge in [0.05, 0.1) is 17.9 Å². The number of rotatable bonds is 6. The fourth-order valence-corrected chi connectivity index (χ4v) is 4.08. The largest absolute Gasteiger partial charge is 0.459 e. The van der Waals surface area contributed by atoms with E-state index in [2.05, 4.69) is 51.8 Å². The highest BCUT2D eigenvalue weighted by Gasteiger charge is 2.20. The molecule has 1 aliphatic heterocycles. The van der Waals surface area contributed by atoms with Crippen molar-refractivity contribution < 1.29 is 4.74 Å². The minimum Gasteiger partial charge on any atom is -0.459 e. The first-order valence-electron chi connectivity index (χ1n) is 10.9. The molecule has 2 N–H and O–H groups in total. The number of nitrogens with zero attached hydrogens (tertiary/aromatic N) is 6. The molecule has 1 aliphatic rings. The van der Waals surface area contributed by atoms with Crippen molar-refractivity contribution in [3.8, 4) is 6.01 Å². The lowest BCUT2D eigenvalue weighted by atomic mass is 10.1. The van der Waals surface area contributed by atoms with E-state index in [0.717, 1.165) is 53.6 Å². The van der Waals surface area contributed by atoms with Crippen molar-refractivity contribution in [3.05, 3.63) is 41.7 Å². The molecule has 0 radical (unpaired) electrons. The van der Waals surface area contributed by atoms with Gasteiger partial charge < -0.3 is 15.4 Å². The minimum absolute atomic E-state index is 0.0820. The van der Waals surface area contributed by atoms with Crippen LogP contribution in [0.5, 0.6) is 6.01 Å². The average molecular weight is 421 g/mol. The predicted molar refractivity (Wildman–Crippen MR) is 119 cm³/mol. The third-order valence-electron chi connectivity index (χ3n) is 5.84. The summed E-state index contributed by atoms with van der Waals surface area (Å²) in [6.45, 7) is 6.72. The molecule has 0 saturated carbocycles. The first kappa shape index (κ1) is 19.7. The molecule has 1 saturated heterocycles. The van der Waals surface area contributed by atoms with Gasteiger partial charge in [0.1, 0.15) is 6.10 Å². The van der Waals surface area contributed by atoms with Crippen molar-refractivity contribution in [2.45, 2.75) is 45.3 Å². The Morgan fingerprint density at radius 2 is 2.13 bits per heavy atom. The Kier molecular flexibility index (Phi) is 5.19. The van der Waals surface area contributed by atoms with Gasteiger partial charge in [0.25, 0.3) is 0 Å². The summed E-state index contributed by atoms with van der Waals surface area (Å²) in [5.74, 6) is 0.921. The molecule has 9 heteroatoms. The summed E-state index contributed by atoms with van der Waals surface area (Å²) in [7, 11) is 1.95. The highest BCUT2D eigenvalue weighted by molar-refractivity contribution is 5.82. The zero-order valence-corrected chi connectivity index (χ0v) is 18.2. The van der Waals surface area contributed by atoms with Gasteiger partial charge in [0, 0.05) is 31.1 Å². The summed E-state index contributed by atoms with van der Waals surface area (Å²) in [6, 6.07) is 6.61. The molecule has 1 unspecified atom stereocenters. The summed E-state index contributed by atoms with van der Waals surface area (Å²) in [4.78, 5) is 9.38. The number of aromatic nitrogens is 6. The van der Waals surface area contributed by atoms with Crippen LogP contribution in [0.15, 0.2) is 30.6 Å². The third kappa shape index (κ3) is 3.81. The Hall–Kier alpha value is -3.20. The lowest BCUT2D eigenvalue weighted by Crippen LogP contribution is -2.37. The molecule has 3 aromatic heterocycles. The smallest absolute Gasteiger partial charge is 0.322 e. The lowest BCUT2D eigenvalue weighted by molar-refractivity contribution is 0.153. The van der Waals surface area contributed by atoms with Gasteiger partial charge >= 0.3 is 6.01 Å². The number of piperidine rings is 1. The first-order chi connectivity index (χ1) is 15.1. The minimum atomic E-state index is 0.0820. The second-order valence-electron chi connectivity index (χ2n) is 8.38. The van der Waals surface area contributed by atoms with Crippen LogP contribution in [0.1, 0.15) is 43.7 Å². The Morgan fingerprint density at radius 3 is 2.94 bits per heavy atom. The van der Waals surface area contributed by atoms with Crippen LogP contribution in [0.2, 0.25) is 0 Å². The van der Waals surface area contributed by atoms with Crippen LogP contribution in [-0.4, -0.2) is 48.6 Å². The molecule has 4 aromatic rings. The van der Waals surface area contributed by atoms with E-state index in [1.807, 2.05) is 30.2 Å². The van der Waals surface area contributed by atoms with E-state index in [4.69, 9.17) is 9.72 Å². The summed E-state index contributed by atoms with van der Waals surface area (Å²) >= 11 is 0. The van der Waals surface area contributed by atoms with E-state index in [9.17, 15) is 0 Å². The van der Waals surface area contributed by atoms with Gasteiger partial charge in [-0.2, -0.15) is 24.7 Å². The Labute approximate surface area is 180 Å². The molecular weight excluding hydrogens is 392 g/mol. The maximum absolute atomic E-state index is 6.15. The molecule has 1 aromatic carbocycles. The number of aryl methyl sites for hydroxylation is 1. The zero-order valence-electron chi connectivity index (χ0n) is 18.2. The molecule has 1 fully saturated rings. The number of benzene rings is 1. The highest BCUT2D eigenvalue weighted by atomic mass is 16.5. The van der Waals surface area contributed by atoms with Crippen LogP contribution in [0.4, 0.5) is 5.95 Å². The van der Waals surface area contributed by atoms with E-state index in [0.29, 0.717) is 24.4 Å². The Balaban J connectivity index is 1.48. The molecule has 0 amide bonds. The summed E-state index contributed by atoms with van der Waals surface area (Å²) in [5.41, 5.74) is 4.10. The van der Waals surface area contributed by atoms with E-state index in [1.54, 1.807) is 4.52 Å². The highest BCUT2D eigenvalue weighted by Crippen LogP contribution is 2.25. The standard InChI is InChI=1S/C22H28N8O/c1-14(2)17-12-26-30-20(17)27-22(31-16-7-5-9-23-11-16)28-21(30)24-10-15-6-4-8-19-18(15)13-25-29(19)3/h4,6,8,12-14,16,23H,5,7,9-11H2,1-3H3,(H,24,27,28). The maximum Gasteiger partial charge on any atom is 0.322 e. The fraction of sp³-hybridized carbons (Fsp3) is 0.455. The zero-order chi connectivity index (χ0) is 21.4. The molecule has 4 heterocycles. The van der Waals surface area contributed by atoms with Gasteiger partial charge in [-0.3, -0.25) is 4.68 Å². The lowest BCUT2D eigenvalue weighted by Gasteiger charge is -2.23. The Bertz CT molecular complexity index is 1210. The van der Waals surface area contributed by atoms with Gasteiger partial charge in [0.15, 0.2) is 5.65 Å². The predicted octanol–water partition coefficient (Wildman–Crippen LogP) is 2.88. The third-order valence-corrected chi connectivity index (χ3v) is 5.84. The molecular formula is C22H28N8O. The van der Waals surface area contributed by atoms with Crippen LogP contribution in [0, 0.1) is 0 Å². The average Bonchev–Trinajstić information content (AvgIpc) is 3.37. The van der Waals surface area contributed by atoms with Crippen molar-refractivity contribution >= 4 is 22.5 Å². The van der Waals surface area contributed by atoms with Crippen LogP contribution in [-0.2, 0) is 13.6 Å². The van der Waals surface area contributed by atoms with E-state index >= 15 is 0 Å². The van der Waals surface area contributed by atoms with E-state index in [1.165, 1.54) is 0 Å². The molecule has 9 nitrogen and oxygen atoms in total. The van der Waals surface area contributed by atoms with Crippen LogP contribution in [0.25, 0.3) is 16.6 Å².